The van der Waals surface area contributed by atoms with E-state index in [0.717, 1.165) is 11.4 Å². The average Bonchev–Trinajstić information content (AvgIpc) is 2.74. The number of nitrogens with two attached hydrogens (primary N) is 1. The largest absolute Gasteiger partial charge is 0.492 e. The van der Waals surface area contributed by atoms with E-state index < -0.39 is 0 Å². The zero-order valence-corrected chi connectivity index (χ0v) is 8.21. The Hall–Kier alpha value is -2.04. The van der Waals surface area contributed by atoms with E-state index in [-0.39, 0.29) is 0 Å². The number of rotatable bonds is 4. The zero-order valence-electron chi connectivity index (χ0n) is 8.21. The van der Waals surface area contributed by atoms with Crippen LogP contribution in [0.4, 0.5) is 5.69 Å². The van der Waals surface area contributed by atoms with Crippen molar-refractivity contribution in [3.05, 3.63) is 36.7 Å². The molecule has 0 saturated carbocycles. The molecule has 5 heteroatoms. The van der Waals surface area contributed by atoms with Crippen LogP contribution >= 0.6 is 0 Å². The average molecular weight is 204 g/mol. The Morgan fingerprint density at radius 1 is 1.13 bits per heavy atom. The third kappa shape index (κ3) is 2.70. The van der Waals surface area contributed by atoms with Gasteiger partial charge in [-0.2, -0.15) is 15.0 Å². The molecule has 78 valence electrons. The molecule has 0 radical (unpaired) electrons. The molecule has 1 aromatic heterocycles. The maximum absolute atomic E-state index is 5.55. The Kier molecular flexibility index (Phi) is 2.82. The molecule has 0 aliphatic rings. The molecule has 15 heavy (non-hydrogen) atoms. The molecule has 1 heterocycles. The highest BCUT2D eigenvalue weighted by atomic mass is 16.5. The monoisotopic (exact) mass is 204 g/mol. The summed E-state index contributed by atoms with van der Waals surface area (Å²) >= 11 is 0. The summed E-state index contributed by atoms with van der Waals surface area (Å²) in [5, 5.41) is 7.93. The Bertz CT molecular complexity index is 396. The van der Waals surface area contributed by atoms with E-state index in [9.17, 15) is 0 Å². The number of nitrogen functional groups attached to an aromatic ring is 1. The fourth-order valence-corrected chi connectivity index (χ4v) is 1.17. The molecular weight excluding hydrogens is 192 g/mol. The third-order valence-electron chi connectivity index (χ3n) is 1.91. The summed E-state index contributed by atoms with van der Waals surface area (Å²) in [6.07, 6.45) is 3.28. The van der Waals surface area contributed by atoms with E-state index in [0.29, 0.717) is 13.2 Å². The first-order chi connectivity index (χ1) is 7.34. The van der Waals surface area contributed by atoms with Crippen LogP contribution in [0, 0.1) is 0 Å². The van der Waals surface area contributed by atoms with E-state index in [1.165, 1.54) is 0 Å². The first-order valence-electron chi connectivity index (χ1n) is 4.67. The van der Waals surface area contributed by atoms with Crippen LogP contribution in [0.2, 0.25) is 0 Å². The molecule has 0 bridgehead atoms. The molecule has 2 N–H and O–H groups in total. The van der Waals surface area contributed by atoms with Gasteiger partial charge in [0.1, 0.15) is 12.4 Å². The van der Waals surface area contributed by atoms with Crippen molar-refractivity contribution in [3.63, 3.8) is 0 Å². The van der Waals surface area contributed by atoms with Crippen molar-refractivity contribution in [1.29, 1.82) is 0 Å². The topological polar surface area (TPSA) is 66.0 Å². The Morgan fingerprint density at radius 2 is 1.80 bits per heavy atom. The number of ether oxygens (including phenoxy) is 1. The second-order valence-corrected chi connectivity index (χ2v) is 3.04. The molecule has 1 aromatic carbocycles. The minimum Gasteiger partial charge on any atom is -0.492 e. The maximum atomic E-state index is 5.55. The fourth-order valence-electron chi connectivity index (χ4n) is 1.17. The number of nitrogens with zero attached hydrogens (tertiary/aromatic N) is 3. The molecule has 0 atom stereocenters. The van der Waals surface area contributed by atoms with Crippen LogP contribution in [-0.2, 0) is 6.54 Å². The Balaban J connectivity index is 1.81. The van der Waals surface area contributed by atoms with Gasteiger partial charge in [-0.25, -0.2) is 0 Å². The minimum absolute atomic E-state index is 0.540. The normalized spacial score (nSPS) is 10.1. The highest BCUT2D eigenvalue weighted by molar-refractivity contribution is 5.41. The molecule has 0 aliphatic heterocycles. The van der Waals surface area contributed by atoms with Crippen molar-refractivity contribution in [2.24, 2.45) is 0 Å². The lowest BCUT2D eigenvalue weighted by Crippen LogP contribution is -2.10. The predicted molar refractivity (Wildman–Crippen MR) is 56.4 cm³/mol. The first-order valence-corrected chi connectivity index (χ1v) is 4.67. The van der Waals surface area contributed by atoms with Gasteiger partial charge in [0.05, 0.1) is 18.9 Å². The lowest BCUT2D eigenvalue weighted by atomic mass is 10.3. The van der Waals surface area contributed by atoms with Gasteiger partial charge in [-0.15, -0.1) is 0 Å². The van der Waals surface area contributed by atoms with E-state index in [2.05, 4.69) is 10.2 Å². The van der Waals surface area contributed by atoms with Gasteiger partial charge < -0.3 is 10.5 Å². The molecule has 0 spiro atoms. The third-order valence-corrected chi connectivity index (χ3v) is 1.91. The van der Waals surface area contributed by atoms with Crippen LogP contribution in [0.1, 0.15) is 0 Å². The summed E-state index contributed by atoms with van der Waals surface area (Å²) in [5.74, 6) is 0.802. The zero-order chi connectivity index (χ0) is 10.5. The first kappa shape index (κ1) is 9.51. The van der Waals surface area contributed by atoms with Gasteiger partial charge in [-0.05, 0) is 24.3 Å². The van der Waals surface area contributed by atoms with Gasteiger partial charge in [-0.1, -0.05) is 0 Å². The number of anilines is 1. The highest BCUT2D eigenvalue weighted by Crippen LogP contribution is 2.12. The van der Waals surface area contributed by atoms with Crippen LogP contribution < -0.4 is 10.5 Å². The van der Waals surface area contributed by atoms with Gasteiger partial charge in [-0.3, -0.25) is 0 Å². The van der Waals surface area contributed by atoms with E-state index in [4.69, 9.17) is 10.5 Å². The van der Waals surface area contributed by atoms with Crippen molar-refractivity contribution in [2.45, 2.75) is 6.54 Å². The second-order valence-electron chi connectivity index (χ2n) is 3.04. The van der Waals surface area contributed by atoms with E-state index in [1.54, 1.807) is 17.2 Å². The van der Waals surface area contributed by atoms with Gasteiger partial charge in [0.15, 0.2) is 0 Å². The molecule has 0 amide bonds. The molecule has 2 rings (SSSR count). The van der Waals surface area contributed by atoms with Crippen LogP contribution in [-0.4, -0.2) is 21.6 Å². The Labute approximate surface area is 87.5 Å². The summed E-state index contributed by atoms with van der Waals surface area (Å²) in [6, 6.07) is 7.29. The van der Waals surface area contributed by atoms with Crippen molar-refractivity contribution in [2.75, 3.05) is 12.3 Å². The highest BCUT2D eigenvalue weighted by Gasteiger charge is 1.95. The summed E-state index contributed by atoms with van der Waals surface area (Å²) < 4.78 is 5.48. The van der Waals surface area contributed by atoms with Crippen molar-refractivity contribution >= 4 is 5.69 Å². The van der Waals surface area contributed by atoms with E-state index >= 15 is 0 Å². The number of hydrogen-bond donors (Lipinski definition) is 1. The number of hydrogen-bond acceptors (Lipinski definition) is 4. The maximum Gasteiger partial charge on any atom is 0.119 e. The summed E-state index contributed by atoms with van der Waals surface area (Å²) in [6.45, 7) is 1.18. The molecule has 5 nitrogen and oxygen atoms in total. The van der Waals surface area contributed by atoms with E-state index in [1.807, 2.05) is 24.3 Å². The smallest absolute Gasteiger partial charge is 0.119 e. The SMILES string of the molecule is Nc1ccc(OCCn2nccn2)cc1. The van der Waals surface area contributed by atoms with Crippen LogP contribution in [0.3, 0.4) is 0 Å². The summed E-state index contributed by atoms with van der Waals surface area (Å²) in [4.78, 5) is 1.58. The van der Waals surface area contributed by atoms with Crippen molar-refractivity contribution in [3.8, 4) is 5.75 Å². The Morgan fingerprint density at radius 3 is 2.47 bits per heavy atom. The molecule has 0 fully saturated rings. The fraction of sp³-hybridized carbons (Fsp3) is 0.200. The van der Waals surface area contributed by atoms with Crippen molar-refractivity contribution < 1.29 is 4.74 Å². The molecule has 0 saturated heterocycles. The molecule has 0 unspecified atom stereocenters. The predicted octanol–water partition coefficient (Wildman–Crippen LogP) is 0.939. The minimum atomic E-state index is 0.540. The lowest BCUT2D eigenvalue weighted by molar-refractivity contribution is 0.282. The van der Waals surface area contributed by atoms with Crippen LogP contribution in [0.15, 0.2) is 36.7 Å². The van der Waals surface area contributed by atoms with Gasteiger partial charge in [0.2, 0.25) is 0 Å². The lowest BCUT2D eigenvalue weighted by Gasteiger charge is -2.05. The van der Waals surface area contributed by atoms with Crippen molar-refractivity contribution in [1.82, 2.24) is 15.0 Å². The second kappa shape index (κ2) is 4.45. The standard InChI is InChI=1S/C10H12N4O/c11-9-1-3-10(4-2-9)15-8-7-14-12-5-6-13-14/h1-6H,7-8,11H2. The summed E-state index contributed by atoms with van der Waals surface area (Å²) in [5.41, 5.74) is 6.29. The molecule has 0 aliphatic carbocycles. The van der Waals surface area contributed by atoms with Gasteiger partial charge in [0, 0.05) is 5.69 Å². The van der Waals surface area contributed by atoms with Gasteiger partial charge in [0.25, 0.3) is 0 Å². The number of benzene rings is 1. The molecular formula is C10H12N4O. The quantitative estimate of drug-likeness (QED) is 0.753. The summed E-state index contributed by atoms with van der Waals surface area (Å²) in [7, 11) is 0. The number of aromatic nitrogens is 3. The van der Waals surface area contributed by atoms with Gasteiger partial charge >= 0.3 is 0 Å². The van der Waals surface area contributed by atoms with Crippen LogP contribution in [0.5, 0.6) is 5.75 Å². The van der Waals surface area contributed by atoms with Crippen LogP contribution in [0.25, 0.3) is 0 Å². The molecule has 2 aromatic rings.